The number of methoxy groups -OCH3 is 1. The molecule has 0 radical (unpaired) electrons. The van der Waals surface area contributed by atoms with E-state index in [-0.39, 0.29) is 5.82 Å². The molecule has 2 aliphatic heterocycles. The van der Waals surface area contributed by atoms with Crippen LogP contribution < -0.4 is 14.5 Å². The van der Waals surface area contributed by atoms with E-state index in [4.69, 9.17) is 9.47 Å². The Kier molecular flexibility index (Phi) is 4.59. The van der Waals surface area contributed by atoms with E-state index in [1.165, 1.54) is 18.6 Å². The average Bonchev–Trinajstić information content (AvgIpc) is 3.16. The molecule has 3 aliphatic rings. The summed E-state index contributed by atoms with van der Waals surface area (Å²) in [7, 11) is 1.61. The van der Waals surface area contributed by atoms with Crippen LogP contribution in [-0.2, 0) is 0 Å². The van der Waals surface area contributed by atoms with Gasteiger partial charge in [-0.2, -0.15) is 0 Å². The standard InChI is InChI=1S/C23H22FN4O2/c1-29-23-13-19(8-9-22(23)30-21-7-2-4-17(24)12-21)27(18-5-3-6-18)28-11-10-25-14-20(28)15-26-16-28/h2,4,7-16,18H,3,5-6H2,1H3/q+1. The van der Waals surface area contributed by atoms with Crippen molar-refractivity contribution >= 4 is 18.2 Å². The SMILES string of the molecule is COc1cc(N(C2CCC2)[N+]23C=CN=CC2=CN=C3)ccc1Oc1cccc(F)c1. The number of fused-ring (bicyclic) bond motifs is 1. The fraction of sp³-hybridized carbons (Fsp3) is 0.217. The van der Waals surface area contributed by atoms with Crippen LogP contribution in [0.4, 0.5) is 10.1 Å². The van der Waals surface area contributed by atoms with Gasteiger partial charge in [-0.25, -0.2) is 14.4 Å². The fourth-order valence-electron chi connectivity index (χ4n) is 3.98. The number of nitrogens with zero attached hydrogens (tertiary/aromatic N) is 4. The van der Waals surface area contributed by atoms with Crippen LogP contribution in [0.2, 0.25) is 0 Å². The molecule has 2 heterocycles. The summed E-state index contributed by atoms with van der Waals surface area (Å²) in [5, 5.41) is 2.34. The van der Waals surface area contributed by atoms with Crippen LogP contribution in [0, 0.1) is 5.82 Å². The molecule has 7 heteroatoms. The van der Waals surface area contributed by atoms with E-state index in [1.807, 2.05) is 43.2 Å². The molecule has 0 bridgehead atoms. The van der Waals surface area contributed by atoms with Crippen LogP contribution in [-0.4, -0.2) is 30.3 Å². The topological polar surface area (TPSA) is 46.4 Å². The third-order valence-electron chi connectivity index (χ3n) is 5.66. The third-order valence-corrected chi connectivity index (χ3v) is 5.66. The fourth-order valence-corrected chi connectivity index (χ4v) is 3.98. The quantitative estimate of drug-likeness (QED) is 0.624. The first kappa shape index (κ1) is 18.6. The van der Waals surface area contributed by atoms with Gasteiger partial charge in [0.2, 0.25) is 12.0 Å². The van der Waals surface area contributed by atoms with E-state index in [0.717, 1.165) is 24.2 Å². The van der Waals surface area contributed by atoms with Crippen molar-refractivity contribution in [3.05, 3.63) is 72.6 Å². The molecule has 0 amide bonds. The Morgan fingerprint density at radius 2 is 2.00 bits per heavy atom. The number of hydrogen-bond donors (Lipinski definition) is 0. The molecule has 2 aromatic carbocycles. The predicted molar refractivity (Wildman–Crippen MR) is 114 cm³/mol. The number of anilines is 1. The zero-order chi connectivity index (χ0) is 20.6. The first-order valence-corrected chi connectivity index (χ1v) is 9.95. The monoisotopic (exact) mass is 405 g/mol. The van der Waals surface area contributed by atoms with E-state index in [2.05, 4.69) is 15.0 Å². The van der Waals surface area contributed by atoms with Crippen molar-refractivity contribution in [3.63, 3.8) is 0 Å². The molecule has 30 heavy (non-hydrogen) atoms. The highest BCUT2D eigenvalue weighted by atomic mass is 19.1. The van der Waals surface area contributed by atoms with Gasteiger partial charge in [0.1, 0.15) is 11.6 Å². The average molecular weight is 405 g/mol. The number of hydrogen-bond acceptors (Lipinski definition) is 5. The molecule has 0 spiro atoms. The summed E-state index contributed by atoms with van der Waals surface area (Å²) >= 11 is 0. The van der Waals surface area contributed by atoms with Crippen LogP contribution in [0.3, 0.4) is 0 Å². The molecule has 0 N–H and O–H groups in total. The maximum atomic E-state index is 13.5. The van der Waals surface area contributed by atoms with Crippen molar-refractivity contribution in [3.8, 4) is 17.2 Å². The Hall–Kier alpha value is -3.45. The lowest BCUT2D eigenvalue weighted by Crippen LogP contribution is -2.61. The molecule has 152 valence electrons. The Morgan fingerprint density at radius 3 is 2.77 bits per heavy atom. The normalized spacial score (nSPS) is 21.7. The van der Waals surface area contributed by atoms with Crippen molar-refractivity contribution in [2.45, 2.75) is 25.3 Å². The van der Waals surface area contributed by atoms with Gasteiger partial charge in [-0.3, -0.25) is 4.99 Å². The molecular formula is C23H22FN4O2+. The number of ether oxygens (including phenoxy) is 2. The van der Waals surface area contributed by atoms with Crippen LogP contribution in [0.1, 0.15) is 19.3 Å². The Labute approximate surface area is 174 Å². The van der Waals surface area contributed by atoms with Crippen molar-refractivity contribution < 1.29 is 18.5 Å². The van der Waals surface area contributed by atoms with E-state index < -0.39 is 0 Å². The minimum Gasteiger partial charge on any atom is -0.493 e. The highest BCUT2D eigenvalue weighted by molar-refractivity contribution is 5.82. The van der Waals surface area contributed by atoms with Crippen LogP contribution in [0.5, 0.6) is 17.2 Å². The van der Waals surface area contributed by atoms with E-state index in [0.29, 0.717) is 27.9 Å². The summed E-state index contributed by atoms with van der Waals surface area (Å²) in [6, 6.07) is 12.3. The first-order chi connectivity index (χ1) is 14.7. The summed E-state index contributed by atoms with van der Waals surface area (Å²) in [5.41, 5.74) is 1.98. The number of aliphatic imine (C=N–C) groups is 2. The summed E-state index contributed by atoms with van der Waals surface area (Å²) in [5.74, 6) is 1.18. The molecule has 0 saturated heterocycles. The maximum absolute atomic E-state index is 13.5. The Bertz CT molecular complexity index is 1090. The zero-order valence-electron chi connectivity index (χ0n) is 16.6. The van der Waals surface area contributed by atoms with Crippen molar-refractivity contribution in [2.75, 3.05) is 12.1 Å². The highest BCUT2D eigenvalue weighted by Gasteiger charge is 2.46. The number of benzene rings is 2. The third kappa shape index (κ3) is 3.07. The lowest BCUT2D eigenvalue weighted by atomic mass is 9.91. The largest absolute Gasteiger partial charge is 0.493 e. The molecule has 0 aromatic heterocycles. The lowest BCUT2D eigenvalue weighted by Gasteiger charge is -2.46. The van der Waals surface area contributed by atoms with Gasteiger partial charge >= 0.3 is 0 Å². The van der Waals surface area contributed by atoms with Crippen LogP contribution in [0.15, 0.2) is 76.7 Å². The lowest BCUT2D eigenvalue weighted by molar-refractivity contribution is -0.746. The number of halogens is 1. The van der Waals surface area contributed by atoms with Gasteiger partial charge < -0.3 is 9.47 Å². The summed E-state index contributed by atoms with van der Waals surface area (Å²) in [6.07, 6.45) is 12.9. The van der Waals surface area contributed by atoms with E-state index >= 15 is 0 Å². The second-order valence-corrected chi connectivity index (χ2v) is 7.46. The van der Waals surface area contributed by atoms with Gasteiger partial charge in [0.15, 0.2) is 17.7 Å². The highest BCUT2D eigenvalue weighted by Crippen LogP contribution is 2.42. The predicted octanol–water partition coefficient (Wildman–Crippen LogP) is 5.16. The van der Waals surface area contributed by atoms with Crippen LogP contribution in [0.25, 0.3) is 0 Å². The maximum Gasteiger partial charge on any atom is 0.225 e. The zero-order valence-corrected chi connectivity index (χ0v) is 16.6. The number of quaternary nitrogens is 1. The number of rotatable bonds is 6. The molecule has 6 nitrogen and oxygen atoms in total. The summed E-state index contributed by atoms with van der Waals surface area (Å²) in [4.78, 5) is 8.70. The molecule has 1 fully saturated rings. The van der Waals surface area contributed by atoms with Crippen molar-refractivity contribution in [1.82, 2.24) is 0 Å². The molecular weight excluding hydrogens is 383 g/mol. The Morgan fingerprint density at radius 1 is 1.10 bits per heavy atom. The van der Waals surface area contributed by atoms with Gasteiger partial charge in [-0.1, -0.05) is 6.07 Å². The summed E-state index contributed by atoms with van der Waals surface area (Å²) < 4.78 is 25.4. The van der Waals surface area contributed by atoms with Gasteiger partial charge in [-0.15, -0.1) is 4.59 Å². The van der Waals surface area contributed by atoms with Gasteiger partial charge in [0.05, 0.1) is 37.5 Å². The smallest absolute Gasteiger partial charge is 0.225 e. The van der Waals surface area contributed by atoms with Gasteiger partial charge in [0.25, 0.3) is 0 Å². The molecule has 1 aliphatic carbocycles. The minimum atomic E-state index is -0.346. The molecule has 1 unspecified atom stereocenters. The van der Waals surface area contributed by atoms with E-state index in [1.54, 1.807) is 25.4 Å². The minimum absolute atomic E-state index is 0.346. The van der Waals surface area contributed by atoms with E-state index in [9.17, 15) is 4.39 Å². The summed E-state index contributed by atoms with van der Waals surface area (Å²) in [6.45, 7) is 0. The van der Waals surface area contributed by atoms with Crippen LogP contribution >= 0.6 is 0 Å². The molecule has 5 rings (SSSR count). The second-order valence-electron chi connectivity index (χ2n) is 7.46. The first-order valence-electron chi connectivity index (χ1n) is 9.95. The van der Waals surface area contributed by atoms with Crippen molar-refractivity contribution in [2.24, 2.45) is 9.98 Å². The number of allylic oxidation sites excluding steroid dienone is 1. The van der Waals surface area contributed by atoms with Crippen molar-refractivity contribution in [1.29, 1.82) is 0 Å². The second kappa shape index (κ2) is 7.42. The van der Waals surface area contributed by atoms with Gasteiger partial charge in [0, 0.05) is 12.1 Å². The van der Waals surface area contributed by atoms with Gasteiger partial charge in [-0.05, 0) is 43.5 Å². The Balaban J connectivity index is 1.53. The molecule has 1 saturated carbocycles. The molecule has 1 atom stereocenters. The molecule has 2 aromatic rings.